The van der Waals surface area contributed by atoms with Crippen molar-refractivity contribution in [1.29, 1.82) is 0 Å². The van der Waals surface area contributed by atoms with Gasteiger partial charge in [-0.05, 0) is 30.0 Å². The molecule has 0 aliphatic carbocycles. The van der Waals surface area contributed by atoms with Gasteiger partial charge in [0.1, 0.15) is 5.76 Å². The normalized spacial score (nSPS) is 11.4. The van der Waals surface area contributed by atoms with Crippen molar-refractivity contribution in [3.63, 3.8) is 0 Å². The molecule has 0 aliphatic heterocycles. The SMILES string of the molecule is Cc1cc(NC(=O)CSc2ccc(C(C)(C)C)cc2)no1. The molecule has 21 heavy (non-hydrogen) atoms. The maximum Gasteiger partial charge on any atom is 0.235 e. The van der Waals surface area contributed by atoms with E-state index >= 15 is 0 Å². The average molecular weight is 304 g/mol. The summed E-state index contributed by atoms with van der Waals surface area (Å²) >= 11 is 1.50. The fourth-order valence-electron chi connectivity index (χ4n) is 1.80. The van der Waals surface area contributed by atoms with Crippen molar-refractivity contribution in [2.24, 2.45) is 0 Å². The fraction of sp³-hybridized carbons (Fsp3) is 0.375. The van der Waals surface area contributed by atoms with E-state index < -0.39 is 0 Å². The van der Waals surface area contributed by atoms with Gasteiger partial charge in [-0.1, -0.05) is 38.1 Å². The molecule has 0 fully saturated rings. The Labute approximate surface area is 129 Å². The van der Waals surface area contributed by atoms with Crippen LogP contribution in [0, 0.1) is 6.92 Å². The highest BCUT2D eigenvalue weighted by Gasteiger charge is 2.13. The van der Waals surface area contributed by atoms with Crippen LogP contribution in [-0.4, -0.2) is 16.8 Å². The molecule has 1 aromatic heterocycles. The molecule has 0 radical (unpaired) electrons. The zero-order valence-electron chi connectivity index (χ0n) is 12.8. The van der Waals surface area contributed by atoms with E-state index in [2.05, 4.69) is 55.5 Å². The van der Waals surface area contributed by atoms with Crippen LogP contribution in [0.2, 0.25) is 0 Å². The summed E-state index contributed by atoms with van der Waals surface area (Å²) < 4.78 is 4.90. The Kier molecular flexibility index (Phi) is 4.73. The van der Waals surface area contributed by atoms with Gasteiger partial charge in [-0.3, -0.25) is 4.79 Å². The van der Waals surface area contributed by atoms with Crippen LogP contribution in [-0.2, 0) is 10.2 Å². The van der Waals surface area contributed by atoms with E-state index in [-0.39, 0.29) is 11.3 Å². The second kappa shape index (κ2) is 6.35. The molecule has 0 unspecified atom stereocenters. The third-order valence-electron chi connectivity index (χ3n) is 2.99. The zero-order valence-corrected chi connectivity index (χ0v) is 13.6. The van der Waals surface area contributed by atoms with Gasteiger partial charge >= 0.3 is 0 Å². The second-order valence-electron chi connectivity index (χ2n) is 5.93. The third-order valence-corrected chi connectivity index (χ3v) is 4.00. The van der Waals surface area contributed by atoms with Crippen LogP contribution in [0.5, 0.6) is 0 Å². The summed E-state index contributed by atoms with van der Waals surface area (Å²) in [5, 5.41) is 6.44. The highest BCUT2D eigenvalue weighted by Crippen LogP contribution is 2.25. The van der Waals surface area contributed by atoms with Crippen LogP contribution in [0.15, 0.2) is 39.8 Å². The lowest BCUT2D eigenvalue weighted by Gasteiger charge is -2.19. The number of hydrogen-bond acceptors (Lipinski definition) is 4. The lowest BCUT2D eigenvalue weighted by atomic mass is 9.87. The molecule has 1 N–H and O–H groups in total. The molecule has 0 bridgehead atoms. The van der Waals surface area contributed by atoms with Gasteiger partial charge in [0.2, 0.25) is 5.91 Å². The molecule has 0 atom stereocenters. The Bertz CT molecular complexity index is 612. The molecule has 1 amide bonds. The molecule has 2 aromatic rings. The Morgan fingerprint density at radius 3 is 2.48 bits per heavy atom. The number of thioether (sulfide) groups is 1. The molecule has 0 saturated heterocycles. The highest BCUT2D eigenvalue weighted by molar-refractivity contribution is 8.00. The van der Waals surface area contributed by atoms with E-state index in [9.17, 15) is 4.79 Å². The topological polar surface area (TPSA) is 55.1 Å². The predicted octanol–water partition coefficient (Wildman–Crippen LogP) is 4.01. The van der Waals surface area contributed by atoms with Crippen molar-refractivity contribution < 1.29 is 9.32 Å². The molecule has 1 aromatic carbocycles. The first-order valence-electron chi connectivity index (χ1n) is 6.81. The molecule has 0 saturated carbocycles. The number of carbonyl (C=O) groups excluding carboxylic acids is 1. The molecule has 5 heteroatoms. The lowest BCUT2D eigenvalue weighted by molar-refractivity contribution is -0.113. The molecular formula is C16H20N2O2S. The fourth-order valence-corrected chi connectivity index (χ4v) is 2.50. The van der Waals surface area contributed by atoms with Crippen molar-refractivity contribution in [2.45, 2.75) is 38.0 Å². The van der Waals surface area contributed by atoms with Gasteiger partial charge in [-0.25, -0.2) is 0 Å². The smallest absolute Gasteiger partial charge is 0.235 e. The molecule has 112 valence electrons. The van der Waals surface area contributed by atoms with Crippen molar-refractivity contribution in [3.8, 4) is 0 Å². The Morgan fingerprint density at radius 2 is 1.95 bits per heavy atom. The number of nitrogens with one attached hydrogen (secondary N) is 1. The van der Waals surface area contributed by atoms with Gasteiger partial charge in [0.15, 0.2) is 5.82 Å². The average Bonchev–Trinajstić information content (AvgIpc) is 2.81. The molecule has 0 spiro atoms. The van der Waals surface area contributed by atoms with Gasteiger partial charge in [-0.15, -0.1) is 11.8 Å². The number of benzene rings is 1. The van der Waals surface area contributed by atoms with Crippen LogP contribution in [0.4, 0.5) is 5.82 Å². The van der Waals surface area contributed by atoms with Crippen LogP contribution < -0.4 is 5.32 Å². The summed E-state index contributed by atoms with van der Waals surface area (Å²) in [5.74, 6) is 1.39. The molecule has 4 nitrogen and oxygen atoms in total. The van der Waals surface area contributed by atoms with Crippen LogP contribution in [0.1, 0.15) is 32.1 Å². The Morgan fingerprint density at radius 1 is 1.29 bits per heavy atom. The van der Waals surface area contributed by atoms with Crippen LogP contribution >= 0.6 is 11.8 Å². The first-order chi connectivity index (χ1) is 9.84. The standard InChI is InChI=1S/C16H20N2O2S/c1-11-9-14(18-20-11)17-15(19)10-21-13-7-5-12(6-8-13)16(2,3)4/h5-9H,10H2,1-4H3,(H,17,18,19). The van der Waals surface area contributed by atoms with Crippen molar-refractivity contribution in [3.05, 3.63) is 41.7 Å². The van der Waals surface area contributed by atoms with Crippen molar-refractivity contribution >= 4 is 23.5 Å². The predicted molar refractivity (Wildman–Crippen MR) is 85.7 cm³/mol. The number of nitrogens with zero attached hydrogens (tertiary/aromatic N) is 1. The quantitative estimate of drug-likeness (QED) is 0.867. The number of carbonyl (C=O) groups is 1. The summed E-state index contributed by atoms with van der Waals surface area (Å²) in [4.78, 5) is 12.9. The number of hydrogen-bond donors (Lipinski definition) is 1. The Balaban J connectivity index is 1.86. The maximum atomic E-state index is 11.8. The highest BCUT2D eigenvalue weighted by atomic mass is 32.2. The molecule has 1 heterocycles. The van der Waals surface area contributed by atoms with Gasteiger partial charge in [0, 0.05) is 11.0 Å². The van der Waals surface area contributed by atoms with Gasteiger partial charge in [0.05, 0.1) is 5.75 Å². The number of aromatic nitrogens is 1. The summed E-state index contributed by atoms with van der Waals surface area (Å²) in [7, 11) is 0. The van der Waals surface area contributed by atoms with E-state index in [4.69, 9.17) is 4.52 Å². The monoisotopic (exact) mass is 304 g/mol. The van der Waals surface area contributed by atoms with E-state index in [0.29, 0.717) is 17.3 Å². The summed E-state index contributed by atoms with van der Waals surface area (Å²) in [6, 6.07) is 10.0. The molecule has 2 rings (SSSR count). The number of anilines is 1. The first-order valence-corrected chi connectivity index (χ1v) is 7.80. The van der Waals surface area contributed by atoms with Crippen molar-refractivity contribution in [1.82, 2.24) is 5.16 Å². The number of aryl methyl sites for hydroxylation is 1. The molecular weight excluding hydrogens is 284 g/mol. The summed E-state index contributed by atoms with van der Waals surface area (Å²) in [5.41, 5.74) is 1.43. The van der Waals surface area contributed by atoms with Crippen LogP contribution in [0.3, 0.4) is 0 Å². The second-order valence-corrected chi connectivity index (χ2v) is 6.98. The van der Waals surface area contributed by atoms with E-state index in [1.54, 1.807) is 13.0 Å². The molecule has 0 aliphatic rings. The van der Waals surface area contributed by atoms with E-state index in [1.807, 2.05) is 0 Å². The summed E-state index contributed by atoms with van der Waals surface area (Å²) in [6.45, 7) is 8.33. The minimum atomic E-state index is -0.0896. The minimum absolute atomic E-state index is 0.0896. The summed E-state index contributed by atoms with van der Waals surface area (Å²) in [6.07, 6.45) is 0. The van der Waals surface area contributed by atoms with Gasteiger partial charge in [0.25, 0.3) is 0 Å². The van der Waals surface area contributed by atoms with Gasteiger partial charge < -0.3 is 9.84 Å². The van der Waals surface area contributed by atoms with E-state index in [0.717, 1.165) is 4.90 Å². The van der Waals surface area contributed by atoms with Crippen LogP contribution in [0.25, 0.3) is 0 Å². The largest absolute Gasteiger partial charge is 0.360 e. The van der Waals surface area contributed by atoms with Gasteiger partial charge in [-0.2, -0.15) is 0 Å². The Hall–Kier alpha value is -1.75. The number of amides is 1. The van der Waals surface area contributed by atoms with Crippen molar-refractivity contribution in [2.75, 3.05) is 11.1 Å². The number of rotatable bonds is 4. The third kappa shape index (κ3) is 4.63. The van der Waals surface area contributed by atoms with E-state index in [1.165, 1.54) is 17.3 Å². The lowest BCUT2D eigenvalue weighted by Crippen LogP contribution is -2.14. The maximum absolute atomic E-state index is 11.8. The minimum Gasteiger partial charge on any atom is -0.360 e. The first kappa shape index (κ1) is 15.6. The zero-order chi connectivity index (χ0) is 15.5.